The predicted octanol–water partition coefficient (Wildman–Crippen LogP) is 3.89. The van der Waals surface area contributed by atoms with Gasteiger partial charge in [-0.05, 0) is 47.5 Å². The van der Waals surface area contributed by atoms with Crippen molar-refractivity contribution in [3.63, 3.8) is 0 Å². The number of benzene rings is 2. The van der Waals surface area contributed by atoms with E-state index in [1.54, 1.807) is 54.7 Å². The monoisotopic (exact) mass is 447 g/mol. The van der Waals surface area contributed by atoms with Crippen LogP contribution in [-0.2, 0) is 11.3 Å². The van der Waals surface area contributed by atoms with Gasteiger partial charge in [0.1, 0.15) is 0 Å². The molecule has 0 bridgehead atoms. The summed E-state index contributed by atoms with van der Waals surface area (Å²) in [5.74, 6) is -0.816. The summed E-state index contributed by atoms with van der Waals surface area (Å²) in [5, 5.41) is 6.05. The maximum absolute atomic E-state index is 13.0. The molecule has 0 atom stereocenters. The smallest absolute Gasteiger partial charge is 0.259 e. The molecule has 8 heteroatoms. The first-order valence-electron chi connectivity index (χ1n) is 9.69. The van der Waals surface area contributed by atoms with Crippen LogP contribution in [0, 0.1) is 0 Å². The second kappa shape index (κ2) is 9.03. The van der Waals surface area contributed by atoms with Crippen LogP contribution >= 0.6 is 11.6 Å². The Morgan fingerprint density at radius 3 is 2.59 bits per heavy atom. The number of pyridine rings is 1. The minimum atomic E-state index is -0.498. The Labute approximate surface area is 189 Å². The highest BCUT2D eigenvalue weighted by molar-refractivity contribution is 6.36. The molecule has 2 heterocycles. The predicted molar refractivity (Wildman–Crippen MR) is 121 cm³/mol. The van der Waals surface area contributed by atoms with E-state index in [9.17, 15) is 14.4 Å². The van der Waals surface area contributed by atoms with E-state index in [1.165, 1.54) is 19.3 Å². The number of rotatable bonds is 5. The second-order valence-electron chi connectivity index (χ2n) is 7.04. The summed E-state index contributed by atoms with van der Waals surface area (Å²) in [6.45, 7) is 0.263. The number of methoxy groups -OCH3 is 1. The molecule has 1 aromatic heterocycles. The fourth-order valence-corrected chi connectivity index (χ4v) is 3.32. The number of carbonyl (C=O) groups excluding carboxylic acids is 3. The first-order chi connectivity index (χ1) is 15.4. The number of halogens is 1. The van der Waals surface area contributed by atoms with E-state index in [2.05, 4.69) is 15.6 Å². The number of carbonyl (C=O) groups is 3. The highest BCUT2D eigenvalue weighted by Gasteiger charge is 2.29. The second-order valence-corrected chi connectivity index (χ2v) is 7.48. The molecule has 7 nitrogen and oxygen atoms in total. The zero-order valence-electron chi connectivity index (χ0n) is 17.0. The molecule has 4 rings (SSSR count). The van der Waals surface area contributed by atoms with Crippen LogP contribution in [-0.4, -0.2) is 29.7 Å². The van der Waals surface area contributed by atoms with Crippen LogP contribution in [0.3, 0.4) is 0 Å². The van der Waals surface area contributed by atoms with Gasteiger partial charge in [-0.25, -0.2) is 4.98 Å². The Morgan fingerprint density at radius 1 is 1.12 bits per heavy atom. The van der Waals surface area contributed by atoms with Gasteiger partial charge in [0.2, 0.25) is 11.7 Å². The van der Waals surface area contributed by atoms with Crippen molar-refractivity contribution in [3.8, 4) is 5.88 Å². The van der Waals surface area contributed by atoms with Gasteiger partial charge in [0.05, 0.1) is 18.4 Å². The van der Waals surface area contributed by atoms with Gasteiger partial charge in [-0.15, -0.1) is 0 Å². The van der Waals surface area contributed by atoms with Crippen LogP contribution in [0.1, 0.15) is 31.8 Å². The first kappa shape index (κ1) is 21.3. The summed E-state index contributed by atoms with van der Waals surface area (Å²) in [6, 6.07) is 14.9. The van der Waals surface area contributed by atoms with Gasteiger partial charge in [0.15, 0.2) is 0 Å². The van der Waals surface area contributed by atoms with Gasteiger partial charge in [-0.3, -0.25) is 14.4 Å². The van der Waals surface area contributed by atoms with Gasteiger partial charge in [0, 0.05) is 35.0 Å². The number of aromatic nitrogens is 1. The van der Waals surface area contributed by atoms with E-state index in [0.717, 1.165) is 5.56 Å². The van der Waals surface area contributed by atoms with Crippen molar-refractivity contribution in [3.05, 3.63) is 93.6 Å². The van der Waals surface area contributed by atoms with Crippen LogP contribution < -0.4 is 15.4 Å². The summed E-state index contributed by atoms with van der Waals surface area (Å²) >= 11 is 5.89. The number of fused-ring (bicyclic) bond motifs is 1. The largest absolute Gasteiger partial charge is 0.481 e. The molecule has 0 saturated carbocycles. The molecule has 0 fully saturated rings. The lowest BCUT2D eigenvalue weighted by atomic mass is 9.93. The third-order valence-corrected chi connectivity index (χ3v) is 5.16. The van der Waals surface area contributed by atoms with E-state index in [0.29, 0.717) is 27.7 Å². The molecule has 0 unspecified atom stereocenters. The summed E-state index contributed by atoms with van der Waals surface area (Å²) in [4.78, 5) is 42.2. The van der Waals surface area contributed by atoms with Gasteiger partial charge in [-0.1, -0.05) is 29.8 Å². The van der Waals surface area contributed by atoms with E-state index in [4.69, 9.17) is 16.3 Å². The molecular weight excluding hydrogens is 430 g/mol. The number of Topliss-reactive ketones (excluding diaryl/α,β-unsaturated/α-hetero) is 1. The molecule has 160 valence electrons. The third-order valence-electron chi connectivity index (χ3n) is 4.90. The number of hydrogen-bond acceptors (Lipinski definition) is 5. The van der Waals surface area contributed by atoms with Crippen molar-refractivity contribution in [2.75, 3.05) is 12.4 Å². The standard InChI is InChI=1S/C24H18ClN3O4/c1-32-21-9-4-15(12-26-21)13-27-23(30)16-5-8-20-18(11-16)22(29)19(24(31)28-20)10-14-2-6-17(25)7-3-14/h2-12H,13H2,1H3,(H,27,30)(H,28,31). The Bertz CT molecular complexity index is 1240. The first-order valence-corrected chi connectivity index (χ1v) is 10.1. The zero-order valence-corrected chi connectivity index (χ0v) is 17.8. The fraction of sp³-hybridized carbons (Fsp3) is 0.0833. The van der Waals surface area contributed by atoms with E-state index in [1.807, 2.05) is 0 Å². The summed E-state index contributed by atoms with van der Waals surface area (Å²) in [7, 11) is 1.53. The maximum Gasteiger partial charge on any atom is 0.259 e. The minimum absolute atomic E-state index is 0.0123. The number of nitrogens with zero attached hydrogens (tertiary/aromatic N) is 1. The van der Waals surface area contributed by atoms with Crippen molar-refractivity contribution in [1.82, 2.24) is 10.3 Å². The van der Waals surface area contributed by atoms with Gasteiger partial charge in [-0.2, -0.15) is 0 Å². The maximum atomic E-state index is 13.0. The van der Waals surface area contributed by atoms with Gasteiger partial charge in [0.25, 0.3) is 11.8 Å². The normalized spacial score (nSPS) is 14.0. The van der Waals surface area contributed by atoms with E-state index >= 15 is 0 Å². The highest BCUT2D eigenvalue weighted by atomic mass is 35.5. The number of nitrogens with one attached hydrogen (secondary N) is 2. The van der Waals surface area contributed by atoms with Crippen LogP contribution in [0.5, 0.6) is 5.88 Å². The molecular formula is C24H18ClN3O4. The number of ketones is 1. The van der Waals surface area contributed by atoms with E-state index in [-0.39, 0.29) is 23.6 Å². The average Bonchev–Trinajstić information content (AvgIpc) is 2.81. The van der Waals surface area contributed by atoms with Crippen molar-refractivity contribution < 1.29 is 19.1 Å². The topological polar surface area (TPSA) is 97.4 Å². The van der Waals surface area contributed by atoms with Crippen LogP contribution in [0.25, 0.3) is 6.08 Å². The lowest BCUT2D eigenvalue weighted by Crippen LogP contribution is -2.28. The summed E-state index contributed by atoms with van der Waals surface area (Å²) in [5.41, 5.74) is 2.38. The van der Waals surface area contributed by atoms with Gasteiger partial charge < -0.3 is 15.4 Å². The molecule has 1 aliphatic heterocycles. The lowest BCUT2D eigenvalue weighted by molar-refractivity contribution is -0.112. The van der Waals surface area contributed by atoms with Crippen LogP contribution in [0.4, 0.5) is 5.69 Å². The third kappa shape index (κ3) is 4.53. The Balaban J connectivity index is 1.53. The molecule has 2 N–H and O–H groups in total. The summed E-state index contributed by atoms with van der Waals surface area (Å²) in [6.07, 6.45) is 3.11. The van der Waals surface area contributed by atoms with Crippen molar-refractivity contribution >= 4 is 41.0 Å². The van der Waals surface area contributed by atoms with Crippen molar-refractivity contribution in [2.45, 2.75) is 6.54 Å². The molecule has 2 aromatic carbocycles. The van der Waals surface area contributed by atoms with Crippen molar-refractivity contribution in [1.29, 1.82) is 0 Å². The van der Waals surface area contributed by atoms with Crippen molar-refractivity contribution in [2.24, 2.45) is 0 Å². The lowest BCUT2D eigenvalue weighted by Gasteiger charge is -2.19. The summed E-state index contributed by atoms with van der Waals surface area (Å²) < 4.78 is 5.02. The molecule has 2 amide bonds. The quantitative estimate of drug-likeness (QED) is 0.456. The Morgan fingerprint density at radius 2 is 1.91 bits per heavy atom. The fourth-order valence-electron chi connectivity index (χ4n) is 3.20. The number of amides is 2. The molecule has 0 saturated heterocycles. The molecule has 1 aliphatic rings. The van der Waals surface area contributed by atoms with Gasteiger partial charge >= 0.3 is 0 Å². The molecule has 0 aliphatic carbocycles. The highest BCUT2D eigenvalue weighted by Crippen LogP contribution is 2.28. The number of ether oxygens (including phenoxy) is 1. The molecule has 0 radical (unpaired) electrons. The van der Waals surface area contributed by atoms with Crippen LogP contribution in [0.2, 0.25) is 5.02 Å². The molecule has 0 spiro atoms. The minimum Gasteiger partial charge on any atom is -0.481 e. The number of hydrogen-bond donors (Lipinski definition) is 2. The van der Waals surface area contributed by atoms with E-state index < -0.39 is 11.7 Å². The van der Waals surface area contributed by atoms with Crippen LogP contribution in [0.15, 0.2) is 66.4 Å². The molecule has 3 aromatic rings. The molecule has 32 heavy (non-hydrogen) atoms. The Hall–Kier alpha value is -3.97. The zero-order chi connectivity index (χ0) is 22.7. The number of anilines is 1. The Kier molecular flexibility index (Phi) is 6.00. The SMILES string of the molecule is COc1ccc(CNC(=O)c2ccc3c(c2)C(=O)C(=Cc2ccc(Cl)cc2)C(=O)N3)cn1. The average molecular weight is 448 g/mol.